The Morgan fingerprint density at radius 2 is 2.00 bits per heavy atom. The second-order valence-electron chi connectivity index (χ2n) is 6.66. The van der Waals surface area contributed by atoms with E-state index in [1.165, 1.54) is 19.3 Å². The van der Waals surface area contributed by atoms with Gasteiger partial charge in [-0.15, -0.1) is 0 Å². The molecular weight excluding hydrogens is 236 g/mol. The fourth-order valence-electron chi connectivity index (χ4n) is 2.99. The molecule has 0 aromatic heterocycles. The lowest BCUT2D eigenvalue weighted by Gasteiger charge is -2.30. The van der Waals surface area contributed by atoms with Crippen LogP contribution in [0.25, 0.3) is 0 Å². The maximum atomic E-state index is 12.1. The fourth-order valence-corrected chi connectivity index (χ4v) is 2.99. The first-order valence-corrected chi connectivity index (χ1v) is 8.04. The van der Waals surface area contributed by atoms with Gasteiger partial charge in [0, 0.05) is 18.5 Å². The SMILES string of the molecule is CC(C)CCCCNC(=O)C(C)C1CCCC(N)C1. The van der Waals surface area contributed by atoms with Crippen LogP contribution in [-0.4, -0.2) is 18.5 Å². The van der Waals surface area contributed by atoms with Crippen molar-refractivity contribution in [3.05, 3.63) is 0 Å². The van der Waals surface area contributed by atoms with Crippen LogP contribution in [0.5, 0.6) is 0 Å². The highest BCUT2D eigenvalue weighted by atomic mass is 16.1. The summed E-state index contributed by atoms with van der Waals surface area (Å²) in [5, 5.41) is 3.09. The minimum absolute atomic E-state index is 0.122. The molecule has 0 heterocycles. The lowest BCUT2D eigenvalue weighted by molar-refractivity contribution is -0.126. The molecule has 0 bridgehead atoms. The normalized spacial score (nSPS) is 25.3. The molecule has 1 fully saturated rings. The largest absolute Gasteiger partial charge is 0.356 e. The van der Waals surface area contributed by atoms with Gasteiger partial charge in [-0.3, -0.25) is 4.79 Å². The number of hydrogen-bond acceptors (Lipinski definition) is 2. The molecule has 3 nitrogen and oxygen atoms in total. The van der Waals surface area contributed by atoms with Crippen molar-refractivity contribution in [1.82, 2.24) is 5.32 Å². The molecule has 1 aliphatic rings. The molecule has 1 saturated carbocycles. The molecule has 3 unspecified atom stereocenters. The second kappa shape index (κ2) is 8.57. The number of carbonyl (C=O) groups is 1. The van der Waals surface area contributed by atoms with Crippen molar-refractivity contribution in [1.29, 1.82) is 0 Å². The van der Waals surface area contributed by atoms with E-state index in [1.807, 2.05) is 0 Å². The van der Waals surface area contributed by atoms with Crippen molar-refractivity contribution >= 4 is 5.91 Å². The Hall–Kier alpha value is -0.570. The Labute approximate surface area is 118 Å². The third-order valence-corrected chi connectivity index (χ3v) is 4.38. The van der Waals surface area contributed by atoms with Crippen LogP contribution in [0.15, 0.2) is 0 Å². The van der Waals surface area contributed by atoms with E-state index in [-0.39, 0.29) is 11.8 Å². The Morgan fingerprint density at radius 3 is 2.63 bits per heavy atom. The Morgan fingerprint density at radius 1 is 1.26 bits per heavy atom. The van der Waals surface area contributed by atoms with Gasteiger partial charge in [0.25, 0.3) is 0 Å². The Kier molecular flexibility index (Phi) is 7.44. The molecule has 0 aromatic rings. The summed E-state index contributed by atoms with van der Waals surface area (Å²) in [5.74, 6) is 1.60. The first-order chi connectivity index (χ1) is 9.00. The van der Waals surface area contributed by atoms with Crippen LogP contribution in [0.3, 0.4) is 0 Å². The molecule has 0 spiro atoms. The summed E-state index contributed by atoms with van der Waals surface area (Å²) in [7, 11) is 0. The maximum absolute atomic E-state index is 12.1. The van der Waals surface area contributed by atoms with Crippen molar-refractivity contribution < 1.29 is 4.79 Å². The highest BCUT2D eigenvalue weighted by molar-refractivity contribution is 5.78. The summed E-state index contributed by atoms with van der Waals surface area (Å²) in [6.07, 6.45) is 8.04. The summed E-state index contributed by atoms with van der Waals surface area (Å²) in [4.78, 5) is 12.1. The minimum atomic E-state index is 0.122. The van der Waals surface area contributed by atoms with Gasteiger partial charge in [-0.1, -0.05) is 40.0 Å². The highest BCUT2D eigenvalue weighted by Crippen LogP contribution is 2.29. The topological polar surface area (TPSA) is 55.1 Å². The van der Waals surface area contributed by atoms with E-state index in [2.05, 4.69) is 26.1 Å². The number of hydrogen-bond donors (Lipinski definition) is 2. The summed E-state index contributed by atoms with van der Waals surface area (Å²) in [6, 6.07) is 0.306. The molecule has 0 radical (unpaired) electrons. The molecule has 1 rings (SSSR count). The predicted molar refractivity (Wildman–Crippen MR) is 80.8 cm³/mol. The van der Waals surface area contributed by atoms with Gasteiger partial charge in [0.1, 0.15) is 0 Å². The average Bonchev–Trinajstić information content (AvgIpc) is 2.36. The zero-order chi connectivity index (χ0) is 14.3. The maximum Gasteiger partial charge on any atom is 0.223 e. The van der Waals surface area contributed by atoms with E-state index < -0.39 is 0 Å². The van der Waals surface area contributed by atoms with Crippen LogP contribution < -0.4 is 11.1 Å². The number of rotatable bonds is 7. The number of nitrogens with one attached hydrogen (secondary N) is 1. The van der Waals surface area contributed by atoms with Crippen LogP contribution in [0, 0.1) is 17.8 Å². The third kappa shape index (κ3) is 6.42. The second-order valence-corrected chi connectivity index (χ2v) is 6.66. The van der Waals surface area contributed by atoms with E-state index in [4.69, 9.17) is 5.73 Å². The number of unbranched alkanes of at least 4 members (excludes halogenated alkanes) is 1. The molecule has 0 saturated heterocycles. The van der Waals surface area contributed by atoms with Crippen molar-refractivity contribution in [3.8, 4) is 0 Å². The molecular formula is C16H32N2O. The van der Waals surface area contributed by atoms with E-state index >= 15 is 0 Å². The quantitative estimate of drug-likeness (QED) is 0.697. The van der Waals surface area contributed by atoms with E-state index in [0.717, 1.165) is 38.1 Å². The predicted octanol–water partition coefficient (Wildman–Crippen LogP) is 3.08. The minimum Gasteiger partial charge on any atom is -0.356 e. The molecule has 3 atom stereocenters. The summed E-state index contributed by atoms with van der Waals surface area (Å²) >= 11 is 0. The van der Waals surface area contributed by atoms with Gasteiger partial charge < -0.3 is 11.1 Å². The van der Waals surface area contributed by atoms with Crippen LogP contribution in [0.1, 0.15) is 65.7 Å². The number of nitrogens with two attached hydrogens (primary N) is 1. The standard InChI is InChI=1S/C16H32N2O/c1-12(2)7-4-5-10-18-16(19)13(3)14-8-6-9-15(17)11-14/h12-15H,4-11,17H2,1-3H3,(H,18,19). The van der Waals surface area contributed by atoms with Gasteiger partial charge in [0.05, 0.1) is 0 Å². The molecule has 1 amide bonds. The fraction of sp³-hybridized carbons (Fsp3) is 0.938. The van der Waals surface area contributed by atoms with Crippen LogP contribution in [-0.2, 0) is 4.79 Å². The first kappa shape index (κ1) is 16.5. The van der Waals surface area contributed by atoms with Crippen molar-refractivity contribution in [2.24, 2.45) is 23.5 Å². The van der Waals surface area contributed by atoms with Gasteiger partial charge in [0.2, 0.25) is 5.91 Å². The molecule has 0 aliphatic heterocycles. The molecule has 1 aliphatic carbocycles. The zero-order valence-electron chi connectivity index (χ0n) is 13.0. The molecule has 3 N–H and O–H groups in total. The van der Waals surface area contributed by atoms with Crippen molar-refractivity contribution in [3.63, 3.8) is 0 Å². The smallest absolute Gasteiger partial charge is 0.223 e. The number of amides is 1. The van der Waals surface area contributed by atoms with Gasteiger partial charge in [-0.05, 0) is 37.5 Å². The van der Waals surface area contributed by atoms with Gasteiger partial charge in [-0.25, -0.2) is 0 Å². The van der Waals surface area contributed by atoms with Crippen LogP contribution in [0.2, 0.25) is 0 Å². The first-order valence-electron chi connectivity index (χ1n) is 8.04. The van der Waals surface area contributed by atoms with Crippen LogP contribution in [0.4, 0.5) is 0 Å². The van der Waals surface area contributed by atoms with E-state index in [1.54, 1.807) is 0 Å². The van der Waals surface area contributed by atoms with Crippen LogP contribution >= 0.6 is 0 Å². The van der Waals surface area contributed by atoms with E-state index in [0.29, 0.717) is 12.0 Å². The van der Waals surface area contributed by atoms with Crippen molar-refractivity contribution in [2.75, 3.05) is 6.54 Å². The molecule has 19 heavy (non-hydrogen) atoms. The third-order valence-electron chi connectivity index (χ3n) is 4.38. The monoisotopic (exact) mass is 268 g/mol. The lowest BCUT2D eigenvalue weighted by atomic mass is 9.78. The van der Waals surface area contributed by atoms with Gasteiger partial charge in [0.15, 0.2) is 0 Å². The van der Waals surface area contributed by atoms with Crippen molar-refractivity contribution in [2.45, 2.75) is 71.8 Å². The van der Waals surface area contributed by atoms with Gasteiger partial charge in [-0.2, -0.15) is 0 Å². The Bertz CT molecular complexity index is 265. The average molecular weight is 268 g/mol. The zero-order valence-corrected chi connectivity index (χ0v) is 13.0. The molecule has 0 aromatic carbocycles. The van der Waals surface area contributed by atoms with E-state index in [9.17, 15) is 4.79 Å². The summed E-state index contributed by atoms with van der Waals surface area (Å²) in [5.41, 5.74) is 6.00. The summed E-state index contributed by atoms with van der Waals surface area (Å²) in [6.45, 7) is 7.38. The molecule has 3 heteroatoms. The lowest BCUT2D eigenvalue weighted by Crippen LogP contribution is -2.38. The highest BCUT2D eigenvalue weighted by Gasteiger charge is 2.28. The Balaban J connectivity index is 2.17. The number of carbonyl (C=O) groups excluding carboxylic acids is 1. The van der Waals surface area contributed by atoms with Gasteiger partial charge >= 0.3 is 0 Å². The molecule has 112 valence electrons. The summed E-state index contributed by atoms with van der Waals surface area (Å²) < 4.78 is 0.